The molecule has 0 bridgehead atoms. The lowest BCUT2D eigenvalue weighted by Gasteiger charge is -2.44. The van der Waals surface area contributed by atoms with E-state index in [2.05, 4.69) is 10.2 Å². The van der Waals surface area contributed by atoms with E-state index in [0.717, 1.165) is 28.3 Å². The van der Waals surface area contributed by atoms with Gasteiger partial charge in [-0.2, -0.15) is 5.10 Å². The molecule has 2 aliphatic rings. The van der Waals surface area contributed by atoms with Gasteiger partial charge in [0, 0.05) is 48.3 Å². The number of piperidine rings is 1. The second-order valence-corrected chi connectivity index (χ2v) is 12.0. The van der Waals surface area contributed by atoms with Crippen LogP contribution >= 0.6 is 0 Å². The number of hydrogen-bond acceptors (Lipinski definition) is 5. The summed E-state index contributed by atoms with van der Waals surface area (Å²) in [6.07, 6.45) is 1.30. The van der Waals surface area contributed by atoms with Crippen LogP contribution < -0.4 is 4.74 Å². The summed E-state index contributed by atoms with van der Waals surface area (Å²) in [4.78, 5) is 15.4. The van der Waals surface area contributed by atoms with E-state index >= 15 is 0 Å². The van der Waals surface area contributed by atoms with Crippen LogP contribution in [0.25, 0.3) is 11.3 Å². The minimum absolute atomic E-state index is 0.0909. The third-order valence-electron chi connectivity index (χ3n) is 7.06. The molecular weight excluding hydrogens is 450 g/mol. The summed E-state index contributed by atoms with van der Waals surface area (Å²) >= 11 is 0. The zero-order chi connectivity index (χ0) is 24.3. The molecule has 178 valence electrons. The van der Waals surface area contributed by atoms with Crippen molar-refractivity contribution in [3.8, 4) is 17.0 Å². The third kappa shape index (κ3) is 3.43. The normalized spacial score (nSPS) is 16.8. The first-order valence-electron chi connectivity index (χ1n) is 11.6. The summed E-state index contributed by atoms with van der Waals surface area (Å²) in [6.45, 7) is 8.16. The van der Waals surface area contributed by atoms with E-state index in [9.17, 15) is 13.2 Å². The molecule has 1 saturated heterocycles. The summed E-state index contributed by atoms with van der Waals surface area (Å²) in [7, 11) is -3.40. The number of nitrogens with zero attached hydrogens (tertiary/aromatic N) is 2. The molecule has 0 saturated carbocycles. The van der Waals surface area contributed by atoms with Crippen molar-refractivity contribution in [2.45, 2.75) is 56.3 Å². The Kier molecular flexibility index (Phi) is 5.31. The minimum atomic E-state index is -3.40. The quantitative estimate of drug-likeness (QED) is 0.601. The van der Waals surface area contributed by atoms with Crippen LogP contribution in [-0.2, 0) is 15.4 Å². The number of likely N-dealkylation sites (tertiary alicyclic amines) is 1. The number of rotatable bonds is 3. The Morgan fingerprint density at radius 2 is 1.82 bits per heavy atom. The molecule has 1 aromatic heterocycles. The minimum Gasteiger partial charge on any atom is -0.482 e. The van der Waals surface area contributed by atoms with E-state index in [1.807, 2.05) is 36.1 Å². The molecule has 1 spiro atoms. The van der Waals surface area contributed by atoms with Crippen LogP contribution in [-0.4, -0.2) is 47.8 Å². The van der Waals surface area contributed by atoms with Crippen molar-refractivity contribution in [1.82, 2.24) is 15.1 Å². The number of carbonyl (C=O) groups excluding carboxylic acids is 1. The van der Waals surface area contributed by atoms with Gasteiger partial charge in [-0.1, -0.05) is 12.1 Å². The zero-order valence-electron chi connectivity index (χ0n) is 19.9. The number of fused-ring (bicyclic) bond motifs is 4. The lowest BCUT2D eigenvalue weighted by molar-refractivity contribution is -0.00202. The second kappa shape index (κ2) is 7.98. The highest BCUT2D eigenvalue weighted by atomic mass is 32.2. The van der Waals surface area contributed by atoms with Crippen molar-refractivity contribution in [2.75, 3.05) is 13.1 Å². The molecule has 0 unspecified atom stereocenters. The van der Waals surface area contributed by atoms with Crippen LogP contribution in [0.15, 0.2) is 47.4 Å². The largest absolute Gasteiger partial charge is 0.482 e. The van der Waals surface area contributed by atoms with Gasteiger partial charge in [-0.05, 0) is 63.6 Å². The fourth-order valence-corrected chi connectivity index (χ4v) is 6.43. The van der Waals surface area contributed by atoms with Crippen LogP contribution in [0.1, 0.15) is 53.9 Å². The predicted molar refractivity (Wildman–Crippen MR) is 130 cm³/mol. The van der Waals surface area contributed by atoms with Crippen molar-refractivity contribution >= 4 is 15.7 Å². The molecule has 1 N–H and O–H groups in total. The van der Waals surface area contributed by atoms with Gasteiger partial charge in [0.25, 0.3) is 5.91 Å². The molecule has 1 amide bonds. The summed E-state index contributed by atoms with van der Waals surface area (Å²) in [5.41, 5.74) is 4.56. The van der Waals surface area contributed by atoms with Gasteiger partial charge < -0.3 is 9.64 Å². The van der Waals surface area contributed by atoms with Crippen molar-refractivity contribution in [3.63, 3.8) is 0 Å². The first-order valence-corrected chi connectivity index (χ1v) is 13.2. The number of para-hydroxylation sites is 1. The number of aromatic amines is 1. The predicted octanol–water partition coefficient (Wildman–Crippen LogP) is 4.40. The highest BCUT2D eigenvalue weighted by Crippen LogP contribution is 2.49. The second-order valence-electron chi connectivity index (χ2n) is 9.53. The highest BCUT2D eigenvalue weighted by molar-refractivity contribution is 7.92. The number of H-pyrrole nitrogens is 1. The molecule has 34 heavy (non-hydrogen) atoms. The number of amides is 1. The Morgan fingerprint density at radius 1 is 1.12 bits per heavy atom. The number of benzene rings is 2. The molecule has 8 heteroatoms. The van der Waals surface area contributed by atoms with Crippen LogP contribution in [0.4, 0.5) is 0 Å². The van der Waals surface area contributed by atoms with E-state index in [1.165, 1.54) is 0 Å². The van der Waals surface area contributed by atoms with E-state index in [0.29, 0.717) is 37.1 Å². The standard InChI is InChI=1S/C26H29N3O4S/c1-16(2)34(31,32)22-10-9-19(15-17(22)3)25(30)29-13-11-26(12-14-29)23-18(4)27-28-24(23)20-7-5-6-8-21(20)33-26/h5-10,15-16H,11-14H2,1-4H3,(H,27,28). The number of ether oxygens (including phenoxy) is 1. The summed E-state index contributed by atoms with van der Waals surface area (Å²) < 4.78 is 31.8. The topological polar surface area (TPSA) is 92.4 Å². The molecule has 1 fully saturated rings. The first-order chi connectivity index (χ1) is 16.1. The molecule has 0 aliphatic carbocycles. The van der Waals surface area contributed by atoms with Gasteiger partial charge in [-0.3, -0.25) is 9.89 Å². The van der Waals surface area contributed by atoms with Crippen LogP contribution in [0.2, 0.25) is 0 Å². The van der Waals surface area contributed by atoms with Gasteiger partial charge >= 0.3 is 0 Å². The maximum Gasteiger partial charge on any atom is 0.253 e. The molecule has 5 rings (SSSR count). The SMILES string of the molecule is Cc1cc(C(=O)N2CCC3(CC2)Oc2ccccc2-c2n[nH]c(C)c23)ccc1S(=O)(=O)C(C)C. The Labute approximate surface area is 200 Å². The van der Waals surface area contributed by atoms with Crippen LogP contribution in [0, 0.1) is 13.8 Å². The number of aryl methyl sites for hydroxylation is 2. The first kappa shape index (κ1) is 22.7. The average molecular weight is 480 g/mol. The fourth-order valence-electron chi connectivity index (χ4n) is 5.16. The van der Waals surface area contributed by atoms with E-state index < -0.39 is 20.7 Å². The fraction of sp³-hybridized carbons (Fsp3) is 0.385. The highest BCUT2D eigenvalue weighted by Gasteiger charge is 2.46. The number of hydrogen-bond donors (Lipinski definition) is 1. The van der Waals surface area contributed by atoms with Crippen LogP contribution in [0.5, 0.6) is 5.75 Å². The third-order valence-corrected chi connectivity index (χ3v) is 9.37. The molecule has 7 nitrogen and oxygen atoms in total. The number of carbonyl (C=O) groups is 1. The molecule has 0 atom stereocenters. The lowest BCUT2D eigenvalue weighted by Crippen LogP contribution is -2.49. The van der Waals surface area contributed by atoms with Gasteiger partial charge in [0.1, 0.15) is 17.0 Å². The van der Waals surface area contributed by atoms with E-state index in [4.69, 9.17) is 4.74 Å². The zero-order valence-corrected chi connectivity index (χ0v) is 20.7. The van der Waals surface area contributed by atoms with Crippen molar-refractivity contribution in [2.24, 2.45) is 0 Å². The Morgan fingerprint density at radius 3 is 2.50 bits per heavy atom. The Bertz CT molecular complexity index is 1380. The van der Waals surface area contributed by atoms with Gasteiger partial charge in [0.05, 0.1) is 10.1 Å². The summed E-state index contributed by atoms with van der Waals surface area (Å²) in [6, 6.07) is 12.8. The van der Waals surface area contributed by atoms with E-state index in [1.54, 1.807) is 39.0 Å². The Balaban J connectivity index is 1.39. The van der Waals surface area contributed by atoms with Gasteiger partial charge in [-0.25, -0.2) is 8.42 Å². The monoisotopic (exact) mass is 479 g/mol. The Hall–Kier alpha value is -3.13. The summed E-state index contributed by atoms with van der Waals surface area (Å²) in [5.74, 6) is 0.727. The maximum atomic E-state index is 13.3. The molecule has 3 aromatic rings. The molecule has 3 heterocycles. The van der Waals surface area contributed by atoms with Crippen molar-refractivity contribution in [1.29, 1.82) is 0 Å². The lowest BCUT2D eigenvalue weighted by atomic mass is 9.79. The maximum absolute atomic E-state index is 13.3. The number of aromatic nitrogens is 2. The van der Waals surface area contributed by atoms with Crippen molar-refractivity contribution in [3.05, 3.63) is 64.8 Å². The average Bonchev–Trinajstić information content (AvgIpc) is 3.22. The smallest absolute Gasteiger partial charge is 0.253 e. The van der Waals surface area contributed by atoms with E-state index in [-0.39, 0.29) is 10.8 Å². The van der Waals surface area contributed by atoms with Gasteiger partial charge in [0.15, 0.2) is 9.84 Å². The summed E-state index contributed by atoms with van der Waals surface area (Å²) in [5, 5.41) is 7.18. The van der Waals surface area contributed by atoms with Crippen LogP contribution in [0.3, 0.4) is 0 Å². The molecule has 0 radical (unpaired) electrons. The molecule has 2 aliphatic heterocycles. The molecule has 2 aromatic carbocycles. The number of sulfone groups is 1. The molecular formula is C26H29N3O4S. The van der Waals surface area contributed by atoms with Crippen molar-refractivity contribution < 1.29 is 17.9 Å². The number of nitrogens with one attached hydrogen (secondary N) is 1. The van der Waals surface area contributed by atoms with Gasteiger partial charge in [-0.15, -0.1) is 0 Å². The van der Waals surface area contributed by atoms with Gasteiger partial charge in [0.2, 0.25) is 0 Å².